The van der Waals surface area contributed by atoms with Crippen LogP contribution in [0.5, 0.6) is 0 Å². The van der Waals surface area contributed by atoms with Crippen LogP contribution in [0.2, 0.25) is 0 Å². The summed E-state index contributed by atoms with van der Waals surface area (Å²) >= 11 is 1.82. The second-order valence-corrected chi connectivity index (χ2v) is 12.1. The molecule has 1 unspecified atom stereocenters. The van der Waals surface area contributed by atoms with E-state index in [0.717, 1.165) is 37.0 Å². The number of ketones is 1. The van der Waals surface area contributed by atoms with Crippen LogP contribution in [0.4, 0.5) is 0 Å². The molecule has 1 aromatic rings. The van der Waals surface area contributed by atoms with E-state index < -0.39 is 5.60 Å². The topological polar surface area (TPSA) is 37.3 Å². The predicted molar refractivity (Wildman–Crippen MR) is 123 cm³/mol. The summed E-state index contributed by atoms with van der Waals surface area (Å²) in [5.41, 5.74) is 2.38. The lowest BCUT2D eigenvalue weighted by atomic mass is 9.46. The van der Waals surface area contributed by atoms with Crippen molar-refractivity contribution in [1.29, 1.82) is 0 Å². The van der Waals surface area contributed by atoms with Gasteiger partial charge in [-0.15, -0.1) is 11.8 Å². The van der Waals surface area contributed by atoms with Crippen molar-refractivity contribution in [2.45, 2.75) is 82.6 Å². The van der Waals surface area contributed by atoms with E-state index in [9.17, 15) is 9.90 Å². The first kappa shape index (κ1) is 20.8. The van der Waals surface area contributed by atoms with E-state index in [0.29, 0.717) is 30.0 Å². The van der Waals surface area contributed by atoms with Crippen LogP contribution in [0.3, 0.4) is 0 Å². The monoisotopic (exact) mass is 424 g/mol. The molecule has 0 radical (unpaired) electrons. The number of aliphatic hydroxyl groups is 1. The summed E-state index contributed by atoms with van der Waals surface area (Å²) < 4.78 is 0. The summed E-state index contributed by atoms with van der Waals surface area (Å²) in [6.45, 7) is 6.93. The molecule has 4 aliphatic rings. The number of benzene rings is 1. The second kappa shape index (κ2) is 7.24. The molecule has 0 bridgehead atoms. The van der Waals surface area contributed by atoms with Crippen LogP contribution in [0, 0.1) is 28.6 Å². The Labute approximate surface area is 185 Å². The number of Topliss-reactive ketones (excluding diaryl/α,β-unsaturated/α-hetero) is 1. The van der Waals surface area contributed by atoms with Crippen LogP contribution >= 0.6 is 11.8 Å². The zero-order valence-corrected chi connectivity index (χ0v) is 19.6. The van der Waals surface area contributed by atoms with E-state index >= 15 is 0 Å². The summed E-state index contributed by atoms with van der Waals surface area (Å²) in [7, 11) is 0. The fourth-order valence-corrected chi connectivity index (χ4v) is 8.90. The van der Waals surface area contributed by atoms with Crippen molar-refractivity contribution in [1.82, 2.24) is 0 Å². The quantitative estimate of drug-likeness (QED) is 0.568. The standard InChI is InChI=1S/C27H36O2S/c1-25-14-13-24(28)20(17-30-18-7-5-4-6-8-18)21(25)10-9-19-22(25)11-15-26(2)23(19)12-16-27(26,3)29/h4-8,19,22-23,29H,9-17H2,1-3H3/t19-,22-,23-,25+,26+,27?/m1/s1. The molecule has 1 aromatic carbocycles. The van der Waals surface area contributed by atoms with Crippen molar-refractivity contribution >= 4 is 17.5 Å². The Morgan fingerprint density at radius 2 is 1.70 bits per heavy atom. The summed E-state index contributed by atoms with van der Waals surface area (Å²) in [5.74, 6) is 3.25. The summed E-state index contributed by atoms with van der Waals surface area (Å²) in [4.78, 5) is 14.2. The van der Waals surface area contributed by atoms with Gasteiger partial charge in [-0.05, 0) is 92.6 Å². The van der Waals surface area contributed by atoms with Crippen molar-refractivity contribution in [3.63, 3.8) is 0 Å². The normalized spacial score (nSPS) is 43.2. The molecule has 30 heavy (non-hydrogen) atoms. The van der Waals surface area contributed by atoms with Gasteiger partial charge >= 0.3 is 0 Å². The van der Waals surface area contributed by atoms with Gasteiger partial charge in [-0.3, -0.25) is 4.79 Å². The minimum absolute atomic E-state index is 0.0716. The lowest BCUT2D eigenvalue weighted by Gasteiger charge is -2.59. The van der Waals surface area contributed by atoms with Crippen LogP contribution in [-0.2, 0) is 4.79 Å². The first-order valence-corrected chi connectivity index (χ1v) is 12.9. The molecule has 162 valence electrons. The number of carbonyl (C=O) groups is 1. The van der Waals surface area contributed by atoms with E-state index in [2.05, 4.69) is 45.0 Å². The summed E-state index contributed by atoms with van der Waals surface area (Å²) in [6.07, 6.45) is 8.51. The minimum atomic E-state index is -0.514. The third-order valence-corrected chi connectivity index (χ3v) is 11.0. The Balaban J connectivity index is 1.44. The lowest BCUT2D eigenvalue weighted by Crippen LogP contribution is -2.54. The molecule has 2 nitrogen and oxygen atoms in total. The summed E-state index contributed by atoms with van der Waals surface area (Å²) in [5, 5.41) is 11.1. The maximum atomic E-state index is 13.0. The first-order chi connectivity index (χ1) is 14.3. The smallest absolute Gasteiger partial charge is 0.159 e. The molecule has 6 atom stereocenters. The zero-order valence-electron chi connectivity index (χ0n) is 18.7. The number of rotatable bonds is 3. The van der Waals surface area contributed by atoms with Crippen LogP contribution in [0.15, 0.2) is 46.4 Å². The Hall–Kier alpha value is -1.06. The van der Waals surface area contributed by atoms with Crippen molar-refractivity contribution in [3.8, 4) is 0 Å². The van der Waals surface area contributed by atoms with Crippen molar-refractivity contribution in [2.75, 3.05) is 5.75 Å². The summed E-state index contributed by atoms with van der Waals surface area (Å²) in [6, 6.07) is 10.5. The predicted octanol–water partition coefficient (Wildman–Crippen LogP) is 6.43. The number of thioether (sulfide) groups is 1. The number of fused-ring (bicyclic) bond motifs is 5. The minimum Gasteiger partial charge on any atom is -0.390 e. The fourth-order valence-electron chi connectivity index (χ4n) is 7.91. The second-order valence-electron chi connectivity index (χ2n) is 11.1. The Morgan fingerprint density at radius 3 is 2.47 bits per heavy atom. The van der Waals surface area contributed by atoms with Crippen LogP contribution in [0.1, 0.15) is 72.1 Å². The van der Waals surface area contributed by atoms with Gasteiger partial charge < -0.3 is 5.11 Å². The molecule has 0 amide bonds. The van der Waals surface area contributed by atoms with Gasteiger partial charge in [0.2, 0.25) is 0 Å². The lowest BCUT2D eigenvalue weighted by molar-refractivity contribution is -0.125. The Morgan fingerprint density at radius 1 is 0.967 bits per heavy atom. The molecular weight excluding hydrogens is 388 g/mol. The largest absolute Gasteiger partial charge is 0.390 e. The molecule has 5 rings (SSSR count). The van der Waals surface area contributed by atoms with Gasteiger partial charge in [0, 0.05) is 22.6 Å². The average molecular weight is 425 g/mol. The molecule has 0 spiro atoms. The number of allylic oxidation sites excluding steroid dienone is 1. The molecule has 0 aromatic heterocycles. The highest BCUT2D eigenvalue weighted by Crippen LogP contribution is 2.67. The average Bonchev–Trinajstić information content (AvgIpc) is 2.98. The molecular formula is C27H36O2S. The molecule has 4 aliphatic carbocycles. The van der Waals surface area contributed by atoms with Gasteiger partial charge in [0.1, 0.15) is 0 Å². The Bertz CT molecular complexity index is 872. The van der Waals surface area contributed by atoms with E-state index in [-0.39, 0.29) is 10.8 Å². The zero-order chi connectivity index (χ0) is 21.1. The van der Waals surface area contributed by atoms with Gasteiger partial charge in [0.15, 0.2) is 5.78 Å². The number of hydrogen-bond donors (Lipinski definition) is 1. The van der Waals surface area contributed by atoms with E-state index in [1.54, 1.807) is 0 Å². The van der Waals surface area contributed by atoms with Gasteiger partial charge in [-0.1, -0.05) is 37.6 Å². The molecule has 0 aliphatic heterocycles. The van der Waals surface area contributed by atoms with Gasteiger partial charge in [0.05, 0.1) is 5.60 Å². The van der Waals surface area contributed by atoms with Gasteiger partial charge in [0.25, 0.3) is 0 Å². The highest BCUT2D eigenvalue weighted by molar-refractivity contribution is 7.99. The molecule has 3 saturated carbocycles. The molecule has 0 heterocycles. The SMILES string of the molecule is CC1(O)CC[C@@H]2[C@@H]3CCC4=C(CSc5ccccc5)C(=O)CC[C@]4(C)[C@@H]3CC[C@@]21C. The molecule has 3 heteroatoms. The van der Waals surface area contributed by atoms with E-state index in [4.69, 9.17) is 0 Å². The molecule has 3 fully saturated rings. The Kier molecular flexibility index (Phi) is 5.02. The van der Waals surface area contributed by atoms with Crippen molar-refractivity contribution in [3.05, 3.63) is 41.5 Å². The van der Waals surface area contributed by atoms with E-state index in [1.807, 2.05) is 17.8 Å². The third kappa shape index (κ3) is 2.98. The van der Waals surface area contributed by atoms with E-state index in [1.165, 1.54) is 29.7 Å². The maximum absolute atomic E-state index is 13.0. The highest BCUT2D eigenvalue weighted by atomic mass is 32.2. The fraction of sp³-hybridized carbons (Fsp3) is 0.667. The molecule has 0 saturated heterocycles. The van der Waals surface area contributed by atoms with Crippen LogP contribution < -0.4 is 0 Å². The van der Waals surface area contributed by atoms with Gasteiger partial charge in [-0.2, -0.15) is 0 Å². The van der Waals surface area contributed by atoms with Crippen molar-refractivity contribution < 1.29 is 9.90 Å². The third-order valence-electron chi connectivity index (χ3n) is 9.93. The van der Waals surface area contributed by atoms with Crippen molar-refractivity contribution in [2.24, 2.45) is 28.6 Å². The van der Waals surface area contributed by atoms with Crippen LogP contribution in [0.25, 0.3) is 0 Å². The highest BCUT2D eigenvalue weighted by Gasteiger charge is 2.62. The maximum Gasteiger partial charge on any atom is 0.159 e. The number of carbonyl (C=O) groups excluding carboxylic acids is 1. The first-order valence-electron chi connectivity index (χ1n) is 11.9. The number of hydrogen-bond acceptors (Lipinski definition) is 3. The van der Waals surface area contributed by atoms with Gasteiger partial charge in [-0.25, -0.2) is 0 Å². The van der Waals surface area contributed by atoms with Crippen LogP contribution in [-0.4, -0.2) is 22.2 Å². The molecule has 1 N–H and O–H groups in total.